The molecule has 3 aliphatic carbocycles. The fourth-order valence-electron chi connectivity index (χ4n) is 12.0. The molecule has 0 bridgehead atoms. The molecule has 4 aromatic carbocycles. The summed E-state index contributed by atoms with van der Waals surface area (Å²) in [6.45, 7) is 20.8. The van der Waals surface area contributed by atoms with Crippen LogP contribution < -0.4 is 9.47 Å². The lowest BCUT2D eigenvalue weighted by Gasteiger charge is -2.36. The van der Waals surface area contributed by atoms with Gasteiger partial charge in [-0.15, -0.1) is 6.42 Å². The molecule has 7 rings (SSSR count). The minimum absolute atomic E-state index is 0.00531. The first-order chi connectivity index (χ1) is 39.2. The first-order valence-corrected chi connectivity index (χ1v) is 29.1. The summed E-state index contributed by atoms with van der Waals surface area (Å²) in [4.78, 5) is 78.9. The number of hydrogen-bond acceptors (Lipinski definition) is 12. The van der Waals surface area contributed by atoms with Gasteiger partial charge in [-0.1, -0.05) is 63.2 Å². The molecule has 0 aromatic heterocycles. The van der Waals surface area contributed by atoms with Crippen molar-refractivity contribution in [3.63, 3.8) is 0 Å². The van der Waals surface area contributed by atoms with E-state index in [2.05, 4.69) is 57.0 Å². The van der Waals surface area contributed by atoms with Crippen LogP contribution in [0.5, 0.6) is 11.5 Å². The molecule has 3 fully saturated rings. The van der Waals surface area contributed by atoms with Gasteiger partial charge in [0.05, 0.1) is 29.2 Å². The van der Waals surface area contributed by atoms with Crippen molar-refractivity contribution in [3.05, 3.63) is 143 Å². The Labute approximate surface area is 491 Å². The molecule has 0 heterocycles. The molecule has 83 heavy (non-hydrogen) atoms. The van der Waals surface area contributed by atoms with Gasteiger partial charge in [0, 0.05) is 34.8 Å². The Balaban J connectivity index is 0.950. The fraction of sp³-hybridized carbons (Fsp3) is 0.465. The number of rotatable bonds is 16. The van der Waals surface area contributed by atoms with Gasteiger partial charge in [-0.25, -0.2) is 9.59 Å². The minimum Gasteiger partial charge on any atom is -0.459 e. The molecule has 0 atom stereocenters. The number of terminal acetylenes is 1. The highest BCUT2D eigenvalue weighted by Crippen LogP contribution is 2.42. The second-order valence-corrected chi connectivity index (χ2v) is 25.7. The Hall–Kier alpha value is -7.88. The number of esters is 6. The molecule has 12 nitrogen and oxygen atoms in total. The highest BCUT2D eigenvalue weighted by atomic mass is 16.6. The van der Waals surface area contributed by atoms with Crippen LogP contribution in [-0.4, -0.2) is 58.2 Å². The molecule has 0 unspecified atom stereocenters. The summed E-state index contributed by atoms with van der Waals surface area (Å²) < 4.78 is 35.3. The van der Waals surface area contributed by atoms with E-state index in [1.807, 2.05) is 74.5 Å². The van der Waals surface area contributed by atoms with Crippen LogP contribution in [-0.2, 0) is 42.9 Å². The number of carbonyl (C=O) groups excluding carboxylic acids is 6. The molecule has 0 amide bonds. The van der Waals surface area contributed by atoms with Gasteiger partial charge in [0.2, 0.25) is 0 Å². The molecule has 3 aliphatic rings. The van der Waals surface area contributed by atoms with Crippen LogP contribution in [0.15, 0.2) is 110 Å². The molecule has 436 valence electrons. The average molecular weight is 1130 g/mol. The molecular weight excluding hydrogens is 1040 g/mol. The lowest BCUT2D eigenvalue weighted by molar-refractivity contribution is -0.173. The molecule has 0 N–H and O–H groups in total. The zero-order valence-electron chi connectivity index (χ0n) is 49.8. The first kappa shape index (κ1) is 62.7. The van der Waals surface area contributed by atoms with E-state index < -0.39 is 34.3 Å². The van der Waals surface area contributed by atoms with Crippen LogP contribution in [0.1, 0.15) is 196 Å². The lowest BCUT2D eigenvalue weighted by Crippen LogP contribution is -2.41. The van der Waals surface area contributed by atoms with E-state index in [-0.39, 0.29) is 64.4 Å². The first-order valence-electron chi connectivity index (χ1n) is 29.1. The Kier molecular flexibility index (Phi) is 20.4. The largest absolute Gasteiger partial charge is 0.459 e. The van der Waals surface area contributed by atoms with Crippen molar-refractivity contribution in [1.82, 2.24) is 0 Å². The normalized spacial score (nSPS) is 20.9. The summed E-state index contributed by atoms with van der Waals surface area (Å²) in [6.07, 6.45) is 13.9. The van der Waals surface area contributed by atoms with Gasteiger partial charge in [0.25, 0.3) is 0 Å². The maximum Gasteiger partial charge on any atom is 0.339 e. The molecule has 0 saturated heterocycles. The van der Waals surface area contributed by atoms with Crippen molar-refractivity contribution >= 4 is 35.8 Å². The molecule has 0 spiro atoms. The van der Waals surface area contributed by atoms with E-state index in [1.165, 1.54) is 0 Å². The summed E-state index contributed by atoms with van der Waals surface area (Å²) in [6, 6.07) is 29.0. The van der Waals surface area contributed by atoms with Crippen molar-refractivity contribution < 1.29 is 57.2 Å². The number of hydrogen-bond donors (Lipinski definition) is 0. The standard InChI is InChI=1S/C71H80O12/c1-12-48-14-16-49(17-15-48)18-19-50-20-22-51(23-21-50)40-43-71(83-66(77)58-34-38-60(39-35-58)79-63(74)55-24-28-56(29-25-55)64(75)81-68(6,7)46-67(3,4)5)44-41-53(42-45-71)52-32-36-59(37-33-52)78-62(73)54-26-30-57(31-27-54)65(76)82-70(10,11)47-69(8,9)80-61(72)13-2/h1,13-17,20-23,32-39,53-57H,2,24-31,41-42,44-47H2,3-11H3. The maximum absolute atomic E-state index is 14.0. The highest BCUT2D eigenvalue weighted by molar-refractivity contribution is 5.90. The predicted octanol–water partition coefficient (Wildman–Crippen LogP) is 13.8. The van der Waals surface area contributed by atoms with Crippen LogP contribution >= 0.6 is 0 Å². The number of benzene rings is 4. The fourth-order valence-corrected chi connectivity index (χ4v) is 12.0. The van der Waals surface area contributed by atoms with Crippen LogP contribution in [0.2, 0.25) is 0 Å². The van der Waals surface area contributed by atoms with Gasteiger partial charge in [0.1, 0.15) is 28.3 Å². The van der Waals surface area contributed by atoms with E-state index in [1.54, 1.807) is 64.1 Å². The Morgan fingerprint density at radius 3 is 1.31 bits per heavy atom. The van der Waals surface area contributed by atoms with Crippen molar-refractivity contribution in [3.8, 4) is 47.5 Å². The van der Waals surface area contributed by atoms with Gasteiger partial charge in [-0.2, -0.15) is 0 Å². The van der Waals surface area contributed by atoms with Crippen molar-refractivity contribution in [2.75, 3.05) is 0 Å². The molecule has 3 saturated carbocycles. The van der Waals surface area contributed by atoms with E-state index in [9.17, 15) is 28.8 Å². The van der Waals surface area contributed by atoms with E-state index >= 15 is 0 Å². The van der Waals surface area contributed by atoms with E-state index in [0.29, 0.717) is 95.0 Å². The second-order valence-electron chi connectivity index (χ2n) is 25.7. The van der Waals surface area contributed by atoms with Gasteiger partial charge in [-0.3, -0.25) is 19.2 Å². The van der Waals surface area contributed by atoms with Crippen LogP contribution in [0, 0.1) is 65.1 Å². The molecular formula is C71H80O12. The predicted molar refractivity (Wildman–Crippen MR) is 317 cm³/mol. The monoisotopic (exact) mass is 1120 g/mol. The molecule has 0 aliphatic heterocycles. The van der Waals surface area contributed by atoms with Crippen LogP contribution in [0.25, 0.3) is 0 Å². The summed E-state index contributed by atoms with van der Waals surface area (Å²) in [5, 5.41) is 0. The summed E-state index contributed by atoms with van der Waals surface area (Å²) in [7, 11) is 0. The third-order valence-electron chi connectivity index (χ3n) is 15.6. The lowest BCUT2D eigenvalue weighted by atomic mass is 9.76. The number of ether oxygens (including phenoxy) is 6. The second kappa shape index (κ2) is 27.0. The molecule has 0 radical (unpaired) electrons. The smallest absolute Gasteiger partial charge is 0.339 e. The summed E-state index contributed by atoms with van der Waals surface area (Å²) >= 11 is 0. The highest BCUT2D eigenvalue weighted by Gasteiger charge is 2.41. The Bertz CT molecular complexity index is 3140. The average Bonchev–Trinajstić information content (AvgIpc) is 3.45. The zero-order chi connectivity index (χ0) is 60.2. The van der Waals surface area contributed by atoms with E-state index in [0.717, 1.165) is 40.3 Å². The molecule has 4 aromatic rings. The Morgan fingerprint density at radius 2 is 0.892 bits per heavy atom. The molecule has 12 heteroatoms. The van der Waals surface area contributed by atoms with Crippen molar-refractivity contribution in [2.24, 2.45) is 29.1 Å². The van der Waals surface area contributed by atoms with Gasteiger partial charge >= 0.3 is 35.8 Å². The van der Waals surface area contributed by atoms with Gasteiger partial charge < -0.3 is 28.4 Å². The van der Waals surface area contributed by atoms with Crippen molar-refractivity contribution in [2.45, 2.75) is 181 Å². The number of carbonyl (C=O) groups is 6. The SMILES string of the molecule is C#Cc1ccc(C#Cc2ccc(C#CC3(OC(=O)c4ccc(OC(=O)C5CCC(C(=O)OC(C)(C)CC(C)(C)C)CC5)cc4)CCC(c4ccc(OC(=O)C5CCC(C(=O)OC(C)(C)CC(C)(C)OC(=O)C=C)CC5)cc4)CC3)cc2)cc1. The zero-order valence-corrected chi connectivity index (χ0v) is 49.8. The third-order valence-corrected chi connectivity index (χ3v) is 15.6. The van der Waals surface area contributed by atoms with Gasteiger partial charge in [-0.05, 0) is 233 Å². The minimum atomic E-state index is -1.12. The van der Waals surface area contributed by atoms with Crippen LogP contribution in [0.3, 0.4) is 0 Å². The summed E-state index contributed by atoms with van der Waals surface area (Å²) in [5.41, 5.74) is 1.05. The van der Waals surface area contributed by atoms with Gasteiger partial charge in [0.15, 0.2) is 5.60 Å². The quantitative estimate of drug-likeness (QED) is 0.0344. The summed E-state index contributed by atoms with van der Waals surface area (Å²) in [5.74, 6) is 12.8. The topological polar surface area (TPSA) is 158 Å². The maximum atomic E-state index is 14.0. The third kappa shape index (κ3) is 18.8. The van der Waals surface area contributed by atoms with Crippen LogP contribution in [0.4, 0.5) is 0 Å². The Morgan fingerprint density at radius 1 is 0.506 bits per heavy atom. The van der Waals surface area contributed by atoms with Crippen molar-refractivity contribution in [1.29, 1.82) is 0 Å². The van der Waals surface area contributed by atoms with E-state index in [4.69, 9.17) is 34.8 Å².